The molecule has 0 aromatic heterocycles. The highest BCUT2D eigenvalue weighted by Gasteiger charge is 2.25. The van der Waals surface area contributed by atoms with Crippen molar-refractivity contribution < 1.29 is 37.6 Å². The monoisotopic (exact) mass is 764 g/mol. The highest BCUT2D eigenvalue weighted by Crippen LogP contribution is 2.43. The first-order chi connectivity index (χ1) is 25.8. The number of unbranched alkanes of at least 4 members (excludes halogenated alkanes) is 12. The SMILES string of the molecule is CC/C=C\C/C=C\C/C=C\CCCCCC(=O)OCC(COP(=O)(O)OCCN)OC(=O)CCCCCCCC/C=C\C/C=C\C/C=C\CCCCC. The van der Waals surface area contributed by atoms with Gasteiger partial charge >= 0.3 is 19.8 Å². The van der Waals surface area contributed by atoms with Gasteiger partial charge in [-0.15, -0.1) is 0 Å². The van der Waals surface area contributed by atoms with E-state index in [0.29, 0.717) is 12.8 Å². The molecule has 3 N–H and O–H groups in total. The molecule has 0 amide bonds. The molecule has 0 aliphatic rings. The number of carbonyl (C=O) groups excluding carboxylic acids is 2. The van der Waals surface area contributed by atoms with Crippen LogP contribution >= 0.6 is 7.82 Å². The molecule has 0 spiro atoms. The number of hydrogen-bond acceptors (Lipinski definition) is 8. The van der Waals surface area contributed by atoms with Crippen molar-refractivity contribution in [3.05, 3.63) is 72.9 Å². The van der Waals surface area contributed by atoms with Crippen LogP contribution in [-0.2, 0) is 32.7 Å². The number of rotatable bonds is 37. The zero-order valence-electron chi connectivity index (χ0n) is 33.2. The van der Waals surface area contributed by atoms with Gasteiger partial charge in [0, 0.05) is 19.4 Å². The second-order valence-corrected chi connectivity index (χ2v) is 14.6. The second-order valence-electron chi connectivity index (χ2n) is 13.1. The second kappa shape index (κ2) is 39.2. The van der Waals surface area contributed by atoms with Gasteiger partial charge < -0.3 is 20.1 Å². The highest BCUT2D eigenvalue weighted by molar-refractivity contribution is 7.47. The van der Waals surface area contributed by atoms with E-state index in [2.05, 4.69) is 86.8 Å². The summed E-state index contributed by atoms with van der Waals surface area (Å²) in [5.74, 6) is -0.886. The van der Waals surface area contributed by atoms with Crippen LogP contribution in [0.15, 0.2) is 72.9 Å². The first-order valence-electron chi connectivity index (χ1n) is 20.4. The molecule has 0 rings (SSSR count). The summed E-state index contributed by atoms with van der Waals surface area (Å²) in [4.78, 5) is 34.8. The summed E-state index contributed by atoms with van der Waals surface area (Å²) in [6.07, 6.45) is 46.5. The van der Waals surface area contributed by atoms with Crippen LogP contribution in [0.5, 0.6) is 0 Å². The lowest BCUT2D eigenvalue weighted by atomic mass is 10.1. The van der Waals surface area contributed by atoms with Gasteiger partial charge in [-0.2, -0.15) is 0 Å². The molecule has 2 atom stereocenters. The van der Waals surface area contributed by atoms with Gasteiger partial charge in [-0.1, -0.05) is 132 Å². The fourth-order valence-corrected chi connectivity index (χ4v) is 5.83. The van der Waals surface area contributed by atoms with Crippen molar-refractivity contribution in [1.29, 1.82) is 0 Å². The zero-order valence-corrected chi connectivity index (χ0v) is 34.1. The minimum Gasteiger partial charge on any atom is -0.462 e. The number of phosphoric acid groups is 1. The van der Waals surface area contributed by atoms with Gasteiger partial charge in [-0.05, 0) is 83.5 Å². The van der Waals surface area contributed by atoms with E-state index >= 15 is 0 Å². The van der Waals surface area contributed by atoms with Gasteiger partial charge in [0.25, 0.3) is 0 Å². The molecule has 0 radical (unpaired) electrons. The van der Waals surface area contributed by atoms with Crippen molar-refractivity contribution >= 4 is 19.8 Å². The Morgan fingerprint density at radius 1 is 0.585 bits per heavy atom. The maximum Gasteiger partial charge on any atom is 0.472 e. The molecule has 304 valence electrons. The Bertz CT molecular complexity index is 1100. The summed E-state index contributed by atoms with van der Waals surface area (Å²) in [6, 6.07) is 0. The molecule has 53 heavy (non-hydrogen) atoms. The fraction of sp³-hybridized carbons (Fsp3) is 0.674. The van der Waals surface area contributed by atoms with E-state index in [9.17, 15) is 19.0 Å². The third-order valence-corrected chi connectivity index (χ3v) is 9.06. The summed E-state index contributed by atoms with van der Waals surface area (Å²) >= 11 is 0. The average molecular weight is 764 g/mol. The Balaban J connectivity index is 4.26. The minimum absolute atomic E-state index is 0.0430. The minimum atomic E-state index is -4.39. The van der Waals surface area contributed by atoms with Gasteiger partial charge in [-0.25, -0.2) is 4.57 Å². The molecule has 0 aliphatic carbocycles. The van der Waals surface area contributed by atoms with Crippen LogP contribution in [-0.4, -0.2) is 49.3 Å². The van der Waals surface area contributed by atoms with E-state index in [1.165, 1.54) is 25.7 Å². The molecule has 0 heterocycles. The lowest BCUT2D eigenvalue weighted by Crippen LogP contribution is -2.29. The smallest absolute Gasteiger partial charge is 0.462 e. The van der Waals surface area contributed by atoms with E-state index in [1.54, 1.807) is 0 Å². The lowest BCUT2D eigenvalue weighted by molar-refractivity contribution is -0.161. The van der Waals surface area contributed by atoms with Gasteiger partial charge in [0.2, 0.25) is 0 Å². The van der Waals surface area contributed by atoms with Crippen molar-refractivity contribution in [2.75, 3.05) is 26.4 Å². The highest BCUT2D eigenvalue weighted by atomic mass is 31.2. The van der Waals surface area contributed by atoms with Crippen LogP contribution in [0.4, 0.5) is 0 Å². The van der Waals surface area contributed by atoms with Crippen LogP contribution in [0, 0.1) is 0 Å². The van der Waals surface area contributed by atoms with Crippen LogP contribution in [0.1, 0.15) is 155 Å². The van der Waals surface area contributed by atoms with Crippen molar-refractivity contribution in [1.82, 2.24) is 0 Å². The molecule has 10 heteroatoms. The topological polar surface area (TPSA) is 134 Å². The fourth-order valence-electron chi connectivity index (χ4n) is 5.07. The van der Waals surface area contributed by atoms with E-state index in [0.717, 1.165) is 89.9 Å². The third kappa shape index (κ3) is 39.0. The first-order valence-corrected chi connectivity index (χ1v) is 21.9. The zero-order chi connectivity index (χ0) is 38.9. The first kappa shape index (κ1) is 50.5. The van der Waals surface area contributed by atoms with Crippen LogP contribution < -0.4 is 5.73 Å². The summed E-state index contributed by atoms with van der Waals surface area (Å²) in [6.45, 7) is 3.51. The van der Waals surface area contributed by atoms with Gasteiger partial charge in [0.1, 0.15) is 6.61 Å². The van der Waals surface area contributed by atoms with Gasteiger partial charge in [0.15, 0.2) is 6.10 Å². The van der Waals surface area contributed by atoms with E-state index in [1.807, 2.05) is 0 Å². The molecule has 9 nitrogen and oxygen atoms in total. The molecule has 0 aromatic carbocycles. The number of carbonyl (C=O) groups is 2. The largest absolute Gasteiger partial charge is 0.472 e. The molecule has 0 aromatic rings. The Morgan fingerprint density at radius 3 is 1.57 bits per heavy atom. The maximum atomic E-state index is 12.6. The molecule has 0 fully saturated rings. The Hall–Kier alpha value is -2.55. The van der Waals surface area contributed by atoms with E-state index < -0.39 is 32.5 Å². The third-order valence-electron chi connectivity index (χ3n) is 8.08. The quantitative estimate of drug-likeness (QED) is 0.0274. The number of ether oxygens (including phenoxy) is 2. The predicted molar refractivity (Wildman–Crippen MR) is 219 cm³/mol. The predicted octanol–water partition coefficient (Wildman–Crippen LogP) is 11.5. The van der Waals surface area contributed by atoms with Crippen molar-refractivity contribution in [2.45, 2.75) is 161 Å². The number of esters is 2. The normalized spacial score (nSPS) is 14.1. The van der Waals surface area contributed by atoms with E-state index in [4.69, 9.17) is 24.3 Å². The Morgan fingerprint density at radius 2 is 1.04 bits per heavy atom. The van der Waals surface area contributed by atoms with Gasteiger partial charge in [-0.3, -0.25) is 18.6 Å². The molecule has 0 bridgehead atoms. The van der Waals surface area contributed by atoms with Crippen molar-refractivity contribution in [2.24, 2.45) is 5.73 Å². The Labute approximate surface area is 322 Å². The molecule has 0 aliphatic heterocycles. The van der Waals surface area contributed by atoms with Crippen LogP contribution in [0.25, 0.3) is 0 Å². The van der Waals surface area contributed by atoms with Crippen molar-refractivity contribution in [3.63, 3.8) is 0 Å². The lowest BCUT2D eigenvalue weighted by Gasteiger charge is -2.19. The average Bonchev–Trinajstić information content (AvgIpc) is 3.14. The van der Waals surface area contributed by atoms with Gasteiger partial charge in [0.05, 0.1) is 13.2 Å². The molecular formula is C43H74NO8P. The molecule has 0 saturated carbocycles. The summed E-state index contributed by atoms with van der Waals surface area (Å²) in [5.41, 5.74) is 5.34. The standard InChI is InChI=1S/C43H74NO8P/c1-3-5-7-9-11-13-15-17-18-19-20-21-22-24-26-28-30-32-34-36-43(46)52-41(40-51-53(47,48)50-38-37-44)39-49-42(45)35-33-31-29-27-25-23-16-14-12-10-8-6-4-2/h6,8,11-14,17-18,20-21,23,25,41H,3-5,7,9-10,15-16,19,22,24,26-40,44H2,1-2H3,(H,47,48)/b8-6-,13-11-,14-12-,18-17-,21-20-,25-23-. The number of phosphoric ester groups is 1. The number of nitrogens with two attached hydrogens (primary N) is 1. The summed E-state index contributed by atoms with van der Waals surface area (Å²) in [7, 11) is -4.39. The Kier molecular flexibility index (Phi) is 37.3. The van der Waals surface area contributed by atoms with Crippen molar-refractivity contribution in [3.8, 4) is 0 Å². The number of hydrogen-bond donors (Lipinski definition) is 2. The molecule has 2 unspecified atom stereocenters. The van der Waals surface area contributed by atoms with E-state index in [-0.39, 0.29) is 32.6 Å². The number of allylic oxidation sites excluding steroid dienone is 12. The maximum absolute atomic E-state index is 12.6. The summed E-state index contributed by atoms with van der Waals surface area (Å²) in [5, 5.41) is 0. The van der Waals surface area contributed by atoms with Crippen LogP contribution in [0.2, 0.25) is 0 Å². The molecule has 0 saturated heterocycles. The summed E-state index contributed by atoms with van der Waals surface area (Å²) < 4.78 is 32.7. The van der Waals surface area contributed by atoms with Crippen LogP contribution in [0.3, 0.4) is 0 Å². The molecular weight excluding hydrogens is 689 g/mol.